The molecule has 0 bridgehead atoms. The van der Waals surface area contributed by atoms with Crippen molar-refractivity contribution in [2.24, 2.45) is 5.73 Å². The third-order valence-electron chi connectivity index (χ3n) is 2.75. The molecule has 2 heterocycles. The maximum atomic E-state index is 11.7. The van der Waals surface area contributed by atoms with Crippen molar-refractivity contribution >= 4 is 5.69 Å². The van der Waals surface area contributed by atoms with Gasteiger partial charge in [0.05, 0.1) is 11.9 Å². The highest BCUT2D eigenvalue weighted by molar-refractivity contribution is 5.44. The van der Waals surface area contributed by atoms with Gasteiger partial charge in [0.1, 0.15) is 5.69 Å². The number of fused-ring (bicyclic) bond motifs is 1. The number of aromatic nitrogens is 2. The second-order valence-electron chi connectivity index (χ2n) is 4.08. The highest BCUT2D eigenvalue weighted by Crippen LogP contribution is 2.26. The molecule has 0 fully saturated rings. The Hall–Kier alpha value is -1.23. The largest absolute Gasteiger partial charge is 0.393 e. The zero-order valence-corrected chi connectivity index (χ0v) is 8.53. The quantitative estimate of drug-likeness (QED) is 0.674. The molecule has 5 heteroatoms. The minimum Gasteiger partial charge on any atom is -0.393 e. The molecule has 0 aliphatic carbocycles. The highest BCUT2D eigenvalue weighted by Gasteiger charge is 2.27. The lowest BCUT2D eigenvalue weighted by molar-refractivity contribution is 0.472. The number of hydrogen-bond donors (Lipinski definition) is 2. The van der Waals surface area contributed by atoms with E-state index in [1.807, 2.05) is 18.5 Å². The minimum atomic E-state index is -0.0996. The Morgan fingerprint density at radius 1 is 1.50 bits per heavy atom. The Labute approximate surface area is 82.3 Å². The van der Waals surface area contributed by atoms with Crippen LogP contribution in [0.3, 0.4) is 0 Å². The molecular formula is C9H16N4O. The average molecular weight is 196 g/mol. The fourth-order valence-corrected chi connectivity index (χ4v) is 2.12. The molecule has 0 radical (unpaired) electrons. The number of nitrogens with zero attached hydrogens (tertiary/aromatic N) is 2. The van der Waals surface area contributed by atoms with E-state index in [1.54, 1.807) is 4.68 Å². The molecule has 4 N–H and O–H groups in total. The van der Waals surface area contributed by atoms with E-state index in [1.165, 1.54) is 0 Å². The molecule has 5 nitrogen and oxygen atoms in total. The maximum absolute atomic E-state index is 11.7. The van der Waals surface area contributed by atoms with E-state index in [4.69, 9.17) is 11.5 Å². The van der Waals surface area contributed by atoms with Gasteiger partial charge in [0.15, 0.2) is 0 Å². The first-order chi connectivity index (χ1) is 6.54. The molecule has 1 aliphatic rings. The molecule has 1 aromatic rings. The van der Waals surface area contributed by atoms with E-state index in [2.05, 4.69) is 0 Å². The van der Waals surface area contributed by atoms with Crippen molar-refractivity contribution in [2.75, 3.05) is 5.73 Å². The minimum absolute atomic E-state index is 0.0957. The summed E-state index contributed by atoms with van der Waals surface area (Å²) in [6, 6.07) is 0. The number of anilines is 1. The highest BCUT2D eigenvalue weighted by atomic mass is 16.1. The average Bonchev–Trinajstić information content (AvgIpc) is 2.57. The topological polar surface area (TPSA) is 79.0 Å². The van der Waals surface area contributed by atoms with E-state index in [9.17, 15) is 4.79 Å². The van der Waals surface area contributed by atoms with Gasteiger partial charge in [-0.15, -0.1) is 0 Å². The Morgan fingerprint density at radius 3 is 2.71 bits per heavy atom. The maximum Gasteiger partial charge on any atom is 0.290 e. The number of rotatable bonds is 1. The zero-order valence-electron chi connectivity index (χ0n) is 8.53. The van der Waals surface area contributed by atoms with E-state index >= 15 is 0 Å². The summed E-state index contributed by atoms with van der Waals surface area (Å²) in [5, 5.41) is 0. The summed E-state index contributed by atoms with van der Waals surface area (Å²) in [4.78, 5) is 11.7. The lowest BCUT2D eigenvalue weighted by atomic mass is 10.1. The predicted octanol–water partition coefficient (Wildman–Crippen LogP) is 0.216. The SMILES string of the molecule is CC(C)c1c(N)c(=O)n2n1C(N)CC2. The lowest BCUT2D eigenvalue weighted by Crippen LogP contribution is -2.22. The Bertz CT molecular complexity index is 415. The van der Waals surface area contributed by atoms with Crippen LogP contribution in [0.2, 0.25) is 0 Å². The van der Waals surface area contributed by atoms with Crippen molar-refractivity contribution in [3.8, 4) is 0 Å². The van der Waals surface area contributed by atoms with Gasteiger partial charge in [-0.05, 0) is 5.92 Å². The smallest absolute Gasteiger partial charge is 0.290 e. The molecule has 14 heavy (non-hydrogen) atoms. The van der Waals surface area contributed by atoms with Crippen molar-refractivity contribution in [1.82, 2.24) is 9.36 Å². The molecule has 1 unspecified atom stereocenters. The van der Waals surface area contributed by atoms with Gasteiger partial charge < -0.3 is 11.5 Å². The molecular weight excluding hydrogens is 180 g/mol. The van der Waals surface area contributed by atoms with Crippen molar-refractivity contribution in [2.45, 2.75) is 38.9 Å². The van der Waals surface area contributed by atoms with Crippen LogP contribution >= 0.6 is 0 Å². The van der Waals surface area contributed by atoms with Crippen LogP contribution in [0.4, 0.5) is 5.69 Å². The van der Waals surface area contributed by atoms with Crippen LogP contribution in [-0.4, -0.2) is 9.36 Å². The number of nitrogen functional groups attached to an aromatic ring is 1. The summed E-state index contributed by atoms with van der Waals surface area (Å²) in [7, 11) is 0. The first-order valence-corrected chi connectivity index (χ1v) is 4.90. The van der Waals surface area contributed by atoms with Gasteiger partial charge in [0.2, 0.25) is 0 Å². The van der Waals surface area contributed by atoms with Crippen LogP contribution < -0.4 is 17.0 Å². The van der Waals surface area contributed by atoms with Crippen LogP contribution in [0.25, 0.3) is 0 Å². The summed E-state index contributed by atoms with van der Waals surface area (Å²) >= 11 is 0. The van der Waals surface area contributed by atoms with Gasteiger partial charge in [-0.2, -0.15) is 0 Å². The molecule has 0 aromatic carbocycles. The first-order valence-electron chi connectivity index (χ1n) is 4.90. The third-order valence-corrected chi connectivity index (χ3v) is 2.75. The van der Waals surface area contributed by atoms with E-state index < -0.39 is 0 Å². The molecule has 0 spiro atoms. The van der Waals surface area contributed by atoms with Crippen LogP contribution in [0.15, 0.2) is 4.79 Å². The molecule has 0 saturated carbocycles. The summed E-state index contributed by atoms with van der Waals surface area (Å²) in [6.07, 6.45) is 0.715. The summed E-state index contributed by atoms with van der Waals surface area (Å²) in [5.41, 5.74) is 12.8. The normalized spacial score (nSPS) is 20.4. The number of nitrogens with two attached hydrogens (primary N) is 2. The summed E-state index contributed by atoms with van der Waals surface area (Å²) in [6.45, 7) is 4.71. The van der Waals surface area contributed by atoms with Crippen molar-refractivity contribution in [3.05, 3.63) is 16.0 Å². The molecule has 1 aliphatic heterocycles. The van der Waals surface area contributed by atoms with Crippen LogP contribution in [0.5, 0.6) is 0 Å². The molecule has 1 atom stereocenters. The third kappa shape index (κ3) is 1.02. The standard InChI is InChI=1S/C9H16N4O/c1-5(2)8-7(11)9(14)12-4-3-6(10)13(8)12/h5-6H,3-4,10-11H2,1-2H3. The predicted molar refractivity (Wildman–Crippen MR) is 55.0 cm³/mol. The second-order valence-corrected chi connectivity index (χ2v) is 4.08. The van der Waals surface area contributed by atoms with Gasteiger partial charge in [-0.3, -0.25) is 9.48 Å². The first kappa shape index (κ1) is 9.33. The summed E-state index contributed by atoms with van der Waals surface area (Å²) in [5.74, 6) is 0.230. The van der Waals surface area contributed by atoms with Crippen LogP contribution in [0.1, 0.15) is 38.0 Å². The van der Waals surface area contributed by atoms with E-state index in [0.717, 1.165) is 12.1 Å². The van der Waals surface area contributed by atoms with Gasteiger partial charge in [0, 0.05) is 13.0 Å². The van der Waals surface area contributed by atoms with Crippen molar-refractivity contribution in [3.63, 3.8) is 0 Å². The monoisotopic (exact) mass is 196 g/mol. The molecule has 2 rings (SSSR count). The molecule has 1 aromatic heterocycles. The zero-order chi connectivity index (χ0) is 10.5. The lowest BCUT2D eigenvalue weighted by Gasteiger charge is -2.14. The van der Waals surface area contributed by atoms with Gasteiger partial charge in [-0.25, -0.2) is 4.68 Å². The van der Waals surface area contributed by atoms with E-state index in [0.29, 0.717) is 12.2 Å². The number of hydrogen-bond acceptors (Lipinski definition) is 3. The molecule has 0 saturated heterocycles. The van der Waals surface area contributed by atoms with E-state index in [-0.39, 0.29) is 17.6 Å². The van der Waals surface area contributed by atoms with Crippen molar-refractivity contribution < 1.29 is 0 Å². The Balaban J connectivity index is 2.71. The Kier molecular flexibility index (Phi) is 1.92. The van der Waals surface area contributed by atoms with Gasteiger partial charge in [-0.1, -0.05) is 13.8 Å². The Morgan fingerprint density at radius 2 is 2.14 bits per heavy atom. The van der Waals surface area contributed by atoms with Crippen molar-refractivity contribution in [1.29, 1.82) is 0 Å². The molecule has 0 amide bonds. The van der Waals surface area contributed by atoms with Crippen LogP contribution in [-0.2, 0) is 6.54 Å². The van der Waals surface area contributed by atoms with Gasteiger partial charge in [0.25, 0.3) is 5.56 Å². The second kappa shape index (κ2) is 2.88. The molecule has 78 valence electrons. The summed E-state index contributed by atoms with van der Waals surface area (Å²) < 4.78 is 3.50. The fraction of sp³-hybridized carbons (Fsp3) is 0.667. The van der Waals surface area contributed by atoms with Crippen LogP contribution in [0, 0.1) is 0 Å². The fourth-order valence-electron chi connectivity index (χ4n) is 2.12. The van der Waals surface area contributed by atoms with Gasteiger partial charge >= 0.3 is 0 Å².